The van der Waals surface area contributed by atoms with Crippen LogP contribution >= 0.6 is 0 Å². The summed E-state index contributed by atoms with van der Waals surface area (Å²) in [7, 11) is 0. The minimum atomic E-state index is -0.326. The monoisotopic (exact) mass is 301 g/mol. The molecule has 118 valence electrons. The van der Waals surface area contributed by atoms with Gasteiger partial charge in [0, 0.05) is 18.9 Å². The first-order chi connectivity index (χ1) is 10.3. The van der Waals surface area contributed by atoms with Crippen molar-refractivity contribution in [3.05, 3.63) is 22.3 Å². The Bertz CT molecular complexity index is 617. The maximum absolute atomic E-state index is 12.6. The van der Waals surface area contributed by atoms with Gasteiger partial charge < -0.3 is 5.11 Å². The number of rotatable bonds is 3. The molecule has 0 aliphatic heterocycles. The molecular formula is C18H23NO3. The van der Waals surface area contributed by atoms with Crippen molar-refractivity contribution in [1.29, 1.82) is 5.26 Å². The highest BCUT2D eigenvalue weighted by atomic mass is 16.3. The molecule has 0 aromatic rings. The van der Waals surface area contributed by atoms with Crippen molar-refractivity contribution in [2.45, 2.75) is 52.9 Å². The molecule has 1 saturated carbocycles. The van der Waals surface area contributed by atoms with Crippen LogP contribution in [0.2, 0.25) is 0 Å². The fourth-order valence-corrected chi connectivity index (χ4v) is 3.72. The van der Waals surface area contributed by atoms with Crippen LogP contribution in [-0.4, -0.2) is 23.3 Å². The predicted octanol–water partition coefficient (Wildman–Crippen LogP) is 2.87. The molecule has 0 heterocycles. The highest BCUT2D eigenvalue weighted by molar-refractivity contribution is 6.27. The number of carbonyl (C=O) groups excluding carboxylic acids is 2. The number of nitrogens with zero attached hydrogens (tertiary/aromatic N) is 1. The minimum absolute atomic E-state index is 0.0271. The standard InChI is InChI=1S/C18H23NO3/c1-11-8-18(2,3)9-13(14(11)10-19)16-15(21)7-12(17(16)22)5-4-6-20/h12,20H,4-9H2,1-3H3/b16-13-. The van der Waals surface area contributed by atoms with Crippen LogP contribution in [-0.2, 0) is 9.59 Å². The average molecular weight is 301 g/mol. The van der Waals surface area contributed by atoms with Gasteiger partial charge in [0.05, 0.1) is 17.2 Å². The van der Waals surface area contributed by atoms with Gasteiger partial charge in [-0.05, 0) is 43.6 Å². The highest BCUT2D eigenvalue weighted by Crippen LogP contribution is 2.44. The van der Waals surface area contributed by atoms with Gasteiger partial charge in [-0.3, -0.25) is 9.59 Å². The van der Waals surface area contributed by atoms with Crippen LogP contribution in [0.4, 0.5) is 0 Å². The van der Waals surface area contributed by atoms with Gasteiger partial charge in [-0.25, -0.2) is 0 Å². The molecule has 1 unspecified atom stereocenters. The van der Waals surface area contributed by atoms with Gasteiger partial charge in [-0.15, -0.1) is 0 Å². The van der Waals surface area contributed by atoms with Crippen molar-refractivity contribution in [3.63, 3.8) is 0 Å². The van der Waals surface area contributed by atoms with Crippen LogP contribution in [0.25, 0.3) is 0 Å². The van der Waals surface area contributed by atoms with E-state index in [1.807, 2.05) is 6.92 Å². The van der Waals surface area contributed by atoms with Crippen LogP contribution in [0.5, 0.6) is 0 Å². The first kappa shape index (κ1) is 16.6. The van der Waals surface area contributed by atoms with E-state index in [1.54, 1.807) is 0 Å². The van der Waals surface area contributed by atoms with E-state index < -0.39 is 0 Å². The van der Waals surface area contributed by atoms with Crippen LogP contribution in [0.15, 0.2) is 22.3 Å². The van der Waals surface area contributed by atoms with Crippen molar-refractivity contribution in [2.75, 3.05) is 6.61 Å². The Kier molecular flexibility index (Phi) is 4.67. The quantitative estimate of drug-likeness (QED) is 0.642. The number of Topliss-reactive ketones (excluding diaryl/α,β-unsaturated/α-hetero) is 2. The lowest BCUT2D eigenvalue weighted by atomic mass is 9.71. The third kappa shape index (κ3) is 3.05. The molecule has 4 heteroatoms. The van der Waals surface area contributed by atoms with E-state index in [0.717, 1.165) is 12.0 Å². The van der Waals surface area contributed by atoms with Crippen LogP contribution in [0.1, 0.15) is 52.9 Å². The molecule has 1 fully saturated rings. The van der Waals surface area contributed by atoms with Gasteiger partial charge in [-0.1, -0.05) is 19.4 Å². The lowest BCUT2D eigenvalue weighted by molar-refractivity contribution is -0.118. The van der Waals surface area contributed by atoms with Gasteiger partial charge in [0.2, 0.25) is 0 Å². The second-order valence-corrected chi connectivity index (χ2v) is 7.19. The van der Waals surface area contributed by atoms with Crippen molar-refractivity contribution in [3.8, 4) is 6.07 Å². The summed E-state index contributed by atoms with van der Waals surface area (Å²) >= 11 is 0. The average Bonchev–Trinajstić information content (AvgIpc) is 2.69. The Morgan fingerprint density at radius 2 is 2.00 bits per heavy atom. The molecule has 1 atom stereocenters. The molecule has 22 heavy (non-hydrogen) atoms. The van der Waals surface area contributed by atoms with E-state index in [2.05, 4.69) is 19.9 Å². The smallest absolute Gasteiger partial charge is 0.170 e. The van der Waals surface area contributed by atoms with Gasteiger partial charge in [0.15, 0.2) is 11.6 Å². The van der Waals surface area contributed by atoms with Crippen molar-refractivity contribution in [1.82, 2.24) is 0 Å². The molecule has 0 spiro atoms. The normalized spacial score (nSPS) is 28.2. The van der Waals surface area contributed by atoms with E-state index in [-0.39, 0.29) is 41.5 Å². The summed E-state index contributed by atoms with van der Waals surface area (Å²) in [4.78, 5) is 25.0. The first-order valence-electron chi connectivity index (χ1n) is 7.82. The maximum Gasteiger partial charge on any atom is 0.170 e. The number of carbonyl (C=O) groups is 2. The number of aliphatic hydroxyl groups excluding tert-OH is 1. The van der Waals surface area contributed by atoms with Crippen molar-refractivity contribution >= 4 is 11.6 Å². The van der Waals surface area contributed by atoms with Crippen molar-refractivity contribution in [2.24, 2.45) is 11.3 Å². The molecule has 0 saturated heterocycles. The Morgan fingerprint density at radius 3 is 2.59 bits per heavy atom. The molecular weight excluding hydrogens is 278 g/mol. The molecule has 0 aromatic carbocycles. The van der Waals surface area contributed by atoms with E-state index in [1.165, 1.54) is 0 Å². The summed E-state index contributed by atoms with van der Waals surface area (Å²) in [6, 6.07) is 2.19. The zero-order chi connectivity index (χ0) is 16.5. The highest BCUT2D eigenvalue weighted by Gasteiger charge is 2.41. The van der Waals surface area contributed by atoms with E-state index in [4.69, 9.17) is 5.11 Å². The fraction of sp³-hybridized carbons (Fsp3) is 0.611. The van der Waals surface area contributed by atoms with Crippen LogP contribution in [0.3, 0.4) is 0 Å². The minimum Gasteiger partial charge on any atom is -0.396 e. The molecule has 1 N–H and O–H groups in total. The third-order valence-electron chi connectivity index (χ3n) is 4.58. The lowest BCUT2D eigenvalue weighted by Gasteiger charge is -2.32. The molecule has 0 amide bonds. The van der Waals surface area contributed by atoms with Gasteiger partial charge in [-0.2, -0.15) is 5.26 Å². The van der Waals surface area contributed by atoms with Crippen LogP contribution < -0.4 is 0 Å². The number of allylic oxidation sites excluding steroid dienone is 4. The first-order valence-corrected chi connectivity index (χ1v) is 7.82. The zero-order valence-electron chi connectivity index (χ0n) is 13.5. The number of hydrogen-bond acceptors (Lipinski definition) is 4. The SMILES string of the molecule is CC1=C(C#N)/C(=C2/C(=O)CC(CCCO)C2=O)CC(C)(C)C1. The van der Waals surface area contributed by atoms with Gasteiger partial charge >= 0.3 is 0 Å². The molecule has 2 aliphatic carbocycles. The summed E-state index contributed by atoms with van der Waals surface area (Å²) in [6.07, 6.45) is 2.68. The number of nitriles is 1. The summed E-state index contributed by atoms with van der Waals surface area (Å²) in [5.41, 5.74) is 2.35. The molecule has 0 aromatic heterocycles. The van der Waals surface area contributed by atoms with E-state index in [0.29, 0.717) is 30.4 Å². The second kappa shape index (κ2) is 6.18. The summed E-state index contributed by atoms with van der Waals surface area (Å²) < 4.78 is 0. The second-order valence-electron chi connectivity index (χ2n) is 7.19. The molecule has 0 bridgehead atoms. The summed E-state index contributed by atoms with van der Waals surface area (Å²) in [6.45, 7) is 6.13. The van der Waals surface area contributed by atoms with E-state index >= 15 is 0 Å². The third-order valence-corrected chi connectivity index (χ3v) is 4.58. The lowest BCUT2D eigenvalue weighted by Crippen LogP contribution is -2.22. The number of hydrogen-bond donors (Lipinski definition) is 1. The number of aliphatic hydroxyl groups is 1. The summed E-state index contributed by atoms with van der Waals surface area (Å²) in [5, 5.41) is 18.4. The van der Waals surface area contributed by atoms with Crippen molar-refractivity contribution < 1.29 is 14.7 Å². The Morgan fingerprint density at radius 1 is 1.32 bits per heavy atom. The summed E-state index contributed by atoms with van der Waals surface area (Å²) in [5.74, 6) is -0.597. The largest absolute Gasteiger partial charge is 0.396 e. The van der Waals surface area contributed by atoms with Crippen LogP contribution in [0, 0.1) is 22.7 Å². The molecule has 4 nitrogen and oxygen atoms in total. The molecule has 2 rings (SSSR count). The number of ketones is 2. The van der Waals surface area contributed by atoms with E-state index in [9.17, 15) is 14.9 Å². The molecule has 2 aliphatic rings. The Hall–Kier alpha value is -1.73. The van der Waals surface area contributed by atoms with Gasteiger partial charge in [0.25, 0.3) is 0 Å². The Labute approximate surface area is 131 Å². The topological polar surface area (TPSA) is 78.2 Å². The molecule has 0 radical (unpaired) electrons. The predicted molar refractivity (Wildman–Crippen MR) is 82.8 cm³/mol. The Balaban J connectivity index is 2.48. The zero-order valence-corrected chi connectivity index (χ0v) is 13.5. The maximum atomic E-state index is 12.6. The van der Waals surface area contributed by atoms with Gasteiger partial charge in [0.1, 0.15) is 0 Å². The fourth-order valence-electron chi connectivity index (χ4n) is 3.72.